The fourth-order valence-corrected chi connectivity index (χ4v) is 4.14. The third-order valence-electron chi connectivity index (χ3n) is 5.65. The van der Waals surface area contributed by atoms with Crippen molar-refractivity contribution in [1.29, 1.82) is 0 Å². The van der Waals surface area contributed by atoms with Gasteiger partial charge in [0, 0.05) is 24.8 Å². The van der Waals surface area contributed by atoms with Crippen LogP contribution in [0.5, 0.6) is 0 Å². The van der Waals surface area contributed by atoms with Gasteiger partial charge in [0.05, 0.1) is 25.2 Å². The average molecular weight is 422 g/mol. The zero-order chi connectivity index (χ0) is 22.3. The number of aromatic amines is 1. The number of hydrogen-bond acceptors (Lipinski definition) is 6. The van der Waals surface area contributed by atoms with Crippen LogP contribution in [0.4, 0.5) is 0 Å². The molecule has 1 amide bonds. The molecule has 1 aromatic rings. The molecular weight excluding hydrogens is 386 g/mol. The molecule has 0 aliphatic carbocycles. The Balaban J connectivity index is 2.26. The van der Waals surface area contributed by atoms with Gasteiger partial charge in [-0.3, -0.25) is 14.5 Å². The first kappa shape index (κ1) is 23.9. The molecule has 168 valence electrons. The maximum Gasteiger partial charge on any atom is 0.340 e. The Bertz CT molecular complexity index is 758. The van der Waals surface area contributed by atoms with Gasteiger partial charge >= 0.3 is 11.9 Å². The number of nitrogens with one attached hydrogen (secondary N) is 1. The maximum absolute atomic E-state index is 13.4. The van der Waals surface area contributed by atoms with E-state index in [4.69, 9.17) is 9.47 Å². The summed E-state index contributed by atoms with van der Waals surface area (Å²) in [6.07, 6.45) is 2.27. The van der Waals surface area contributed by atoms with Crippen LogP contribution in [0.3, 0.4) is 0 Å². The summed E-state index contributed by atoms with van der Waals surface area (Å²) in [4.78, 5) is 44.8. The number of amides is 1. The molecule has 1 atom stereocenters. The lowest BCUT2D eigenvalue weighted by Gasteiger charge is -2.30. The van der Waals surface area contributed by atoms with Crippen molar-refractivity contribution in [2.45, 2.75) is 59.9 Å². The van der Waals surface area contributed by atoms with Crippen LogP contribution >= 0.6 is 0 Å². The van der Waals surface area contributed by atoms with Gasteiger partial charge in [0.15, 0.2) is 0 Å². The zero-order valence-electron chi connectivity index (χ0n) is 18.9. The second kappa shape index (κ2) is 11.2. The van der Waals surface area contributed by atoms with Crippen molar-refractivity contribution in [2.75, 3.05) is 39.4 Å². The van der Waals surface area contributed by atoms with Crippen LogP contribution in [0.2, 0.25) is 0 Å². The number of carbonyl (C=O) groups is 3. The highest BCUT2D eigenvalue weighted by Gasteiger charge is 2.30. The molecule has 8 nitrogen and oxygen atoms in total. The van der Waals surface area contributed by atoms with Crippen molar-refractivity contribution >= 4 is 17.8 Å². The molecule has 1 fully saturated rings. The number of aryl methyl sites for hydroxylation is 1. The number of esters is 2. The van der Waals surface area contributed by atoms with Crippen LogP contribution in [0.25, 0.3) is 0 Å². The number of likely N-dealkylation sites (tertiary alicyclic amines) is 1. The van der Waals surface area contributed by atoms with Gasteiger partial charge in [0.1, 0.15) is 5.69 Å². The number of H-pyrrole nitrogens is 1. The quantitative estimate of drug-likeness (QED) is 0.584. The van der Waals surface area contributed by atoms with Crippen molar-refractivity contribution < 1.29 is 23.9 Å². The van der Waals surface area contributed by atoms with E-state index in [1.165, 1.54) is 0 Å². The van der Waals surface area contributed by atoms with Gasteiger partial charge in [-0.25, -0.2) is 4.79 Å². The minimum Gasteiger partial charge on any atom is -0.466 e. The molecular formula is C22H35N3O5. The summed E-state index contributed by atoms with van der Waals surface area (Å²) in [6, 6.07) is 0.266. The van der Waals surface area contributed by atoms with E-state index in [-0.39, 0.29) is 37.5 Å². The number of likely N-dealkylation sites (N-methyl/N-ethyl adjacent to an activating group) is 1. The topological polar surface area (TPSA) is 91.9 Å². The standard InChI is InChI=1S/C22H35N3O5/c1-6-24-12-9-10-17(24)14-25(13-11-18(26)29-7-2)21(27)20-15(4)19(16(5)23-20)22(28)30-8-3/h17,23H,6-14H2,1-5H3. The summed E-state index contributed by atoms with van der Waals surface area (Å²) in [5.74, 6) is -0.965. The number of ether oxygens (including phenoxy) is 2. The Morgan fingerprint density at radius 2 is 1.83 bits per heavy atom. The summed E-state index contributed by atoms with van der Waals surface area (Å²) in [7, 11) is 0. The first-order chi connectivity index (χ1) is 14.3. The normalized spacial score (nSPS) is 16.5. The van der Waals surface area contributed by atoms with Crippen molar-refractivity contribution in [2.24, 2.45) is 0 Å². The lowest BCUT2D eigenvalue weighted by Crippen LogP contribution is -2.44. The van der Waals surface area contributed by atoms with Crippen molar-refractivity contribution in [3.05, 3.63) is 22.5 Å². The Morgan fingerprint density at radius 1 is 1.13 bits per heavy atom. The van der Waals surface area contributed by atoms with E-state index in [9.17, 15) is 14.4 Å². The number of aromatic nitrogens is 1. The number of carbonyl (C=O) groups excluding carboxylic acids is 3. The molecule has 1 aliphatic rings. The molecule has 0 bridgehead atoms. The fraction of sp³-hybridized carbons (Fsp3) is 0.682. The van der Waals surface area contributed by atoms with E-state index in [1.807, 2.05) is 0 Å². The third-order valence-corrected chi connectivity index (χ3v) is 5.65. The minimum absolute atomic E-state index is 0.141. The molecule has 0 aromatic carbocycles. The van der Waals surface area contributed by atoms with Gasteiger partial charge in [0.25, 0.3) is 5.91 Å². The van der Waals surface area contributed by atoms with Gasteiger partial charge in [-0.1, -0.05) is 6.92 Å². The predicted octanol–water partition coefficient (Wildman–Crippen LogP) is 2.69. The van der Waals surface area contributed by atoms with Crippen molar-refractivity contribution in [3.8, 4) is 0 Å². The number of rotatable bonds is 10. The molecule has 2 heterocycles. The molecule has 0 saturated carbocycles. The van der Waals surface area contributed by atoms with Crippen LogP contribution in [-0.4, -0.2) is 78.1 Å². The molecule has 1 N–H and O–H groups in total. The van der Waals surface area contributed by atoms with E-state index in [1.54, 1.807) is 32.6 Å². The Kier molecular flexibility index (Phi) is 8.89. The van der Waals surface area contributed by atoms with Crippen LogP contribution in [0.1, 0.15) is 72.1 Å². The molecule has 1 aromatic heterocycles. The molecule has 8 heteroatoms. The Morgan fingerprint density at radius 3 is 2.47 bits per heavy atom. The number of hydrogen-bond donors (Lipinski definition) is 1. The van der Waals surface area contributed by atoms with E-state index in [0.717, 1.165) is 25.9 Å². The maximum atomic E-state index is 13.4. The molecule has 2 rings (SSSR count). The molecule has 0 spiro atoms. The SMILES string of the molecule is CCOC(=O)CCN(CC1CCCN1CC)C(=O)c1[nH]c(C)c(C(=O)OCC)c1C. The van der Waals surface area contributed by atoms with E-state index < -0.39 is 5.97 Å². The Hall–Kier alpha value is -2.35. The smallest absolute Gasteiger partial charge is 0.340 e. The molecule has 1 unspecified atom stereocenters. The van der Waals surface area contributed by atoms with Gasteiger partial charge in [-0.05, 0) is 59.2 Å². The lowest BCUT2D eigenvalue weighted by atomic mass is 10.1. The second-order valence-corrected chi connectivity index (χ2v) is 7.58. The number of nitrogens with zero attached hydrogens (tertiary/aromatic N) is 2. The van der Waals surface area contributed by atoms with Crippen LogP contribution in [0.15, 0.2) is 0 Å². The van der Waals surface area contributed by atoms with Crippen molar-refractivity contribution in [3.63, 3.8) is 0 Å². The van der Waals surface area contributed by atoms with Gasteiger partial charge in [-0.2, -0.15) is 0 Å². The molecule has 1 aliphatic heterocycles. The van der Waals surface area contributed by atoms with Crippen LogP contribution in [0, 0.1) is 13.8 Å². The van der Waals surface area contributed by atoms with Gasteiger partial charge in [0.2, 0.25) is 0 Å². The molecule has 1 saturated heterocycles. The highest BCUT2D eigenvalue weighted by Crippen LogP contribution is 2.23. The van der Waals surface area contributed by atoms with Crippen LogP contribution < -0.4 is 0 Å². The lowest BCUT2D eigenvalue weighted by molar-refractivity contribution is -0.143. The van der Waals surface area contributed by atoms with Gasteiger partial charge in [-0.15, -0.1) is 0 Å². The van der Waals surface area contributed by atoms with E-state index in [0.29, 0.717) is 35.7 Å². The third kappa shape index (κ3) is 5.62. The first-order valence-corrected chi connectivity index (χ1v) is 10.9. The van der Waals surface area contributed by atoms with Crippen molar-refractivity contribution in [1.82, 2.24) is 14.8 Å². The summed E-state index contributed by atoms with van der Waals surface area (Å²) < 4.78 is 10.2. The highest BCUT2D eigenvalue weighted by atomic mass is 16.5. The molecule has 30 heavy (non-hydrogen) atoms. The average Bonchev–Trinajstić information content (AvgIpc) is 3.28. The Labute approximate surface area is 178 Å². The summed E-state index contributed by atoms with van der Waals surface area (Å²) in [6.45, 7) is 12.5. The summed E-state index contributed by atoms with van der Waals surface area (Å²) in [5, 5.41) is 0. The van der Waals surface area contributed by atoms with Gasteiger partial charge < -0.3 is 19.4 Å². The first-order valence-electron chi connectivity index (χ1n) is 10.9. The fourth-order valence-electron chi connectivity index (χ4n) is 4.14. The minimum atomic E-state index is -0.436. The zero-order valence-corrected chi connectivity index (χ0v) is 18.9. The summed E-state index contributed by atoms with van der Waals surface area (Å²) >= 11 is 0. The molecule has 0 radical (unpaired) electrons. The largest absolute Gasteiger partial charge is 0.466 e. The highest BCUT2D eigenvalue weighted by molar-refractivity contribution is 6.00. The van der Waals surface area contributed by atoms with E-state index >= 15 is 0 Å². The van der Waals surface area contributed by atoms with Crippen LogP contribution in [-0.2, 0) is 14.3 Å². The predicted molar refractivity (Wildman–Crippen MR) is 114 cm³/mol. The monoisotopic (exact) mass is 421 g/mol. The summed E-state index contributed by atoms with van der Waals surface area (Å²) in [5.41, 5.74) is 1.97. The second-order valence-electron chi connectivity index (χ2n) is 7.58. The van der Waals surface area contributed by atoms with E-state index in [2.05, 4.69) is 16.8 Å².